The zero-order chi connectivity index (χ0) is 17.1. The number of ether oxygens (including phenoxy) is 1. The number of esters is 1. The van der Waals surface area contributed by atoms with Gasteiger partial charge in [-0.05, 0) is 36.8 Å². The average Bonchev–Trinajstić information content (AvgIpc) is 2.95. The lowest BCUT2D eigenvalue weighted by Gasteiger charge is -2.22. The quantitative estimate of drug-likeness (QED) is 0.844. The average molecular weight is 325 g/mol. The van der Waals surface area contributed by atoms with E-state index in [-0.39, 0.29) is 17.7 Å². The number of H-pyrrole nitrogens is 1. The van der Waals surface area contributed by atoms with Crippen LogP contribution in [-0.2, 0) is 17.6 Å². The number of fused-ring (bicyclic) bond motifs is 1. The molecule has 1 aromatic carbocycles. The fraction of sp³-hybridized carbons (Fsp3) is 0.400. The second kappa shape index (κ2) is 7.04. The van der Waals surface area contributed by atoms with Gasteiger partial charge in [-0.25, -0.2) is 4.79 Å². The number of hydrogen-bond donors (Lipinski definition) is 1. The van der Waals surface area contributed by atoms with Gasteiger partial charge in [0.05, 0.1) is 6.61 Å². The van der Waals surface area contributed by atoms with E-state index in [0.717, 1.165) is 29.7 Å². The molecule has 24 heavy (non-hydrogen) atoms. The Morgan fingerprint density at radius 1 is 1.21 bits per heavy atom. The fourth-order valence-electron chi connectivity index (χ4n) is 3.57. The summed E-state index contributed by atoms with van der Waals surface area (Å²) in [7, 11) is 0. The van der Waals surface area contributed by atoms with Crippen molar-refractivity contribution in [3.8, 4) is 0 Å². The van der Waals surface area contributed by atoms with E-state index in [1.165, 1.54) is 5.56 Å². The molecule has 1 unspecified atom stereocenters. The number of carbonyl (C=O) groups is 2. The lowest BCUT2D eigenvalue weighted by Crippen LogP contribution is -2.19. The van der Waals surface area contributed by atoms with Gasteiger partial charge in [-0.1, -0.05) is 43.7 Å². The van der Waals surface area contributed by atoms with E-state index in [2.05, 4.69) is 24.0 Å². The Labute approximate surface area is 142 Å². The Bertz CT molecular complexity index is 746. The lowest BCUT2D eigenvalue weighted by atomic mass is 9.81. The van der Waals surface area contributed by atoms with Crippen molar-refractivity contribution >= 4 is 11.8 Å². The monoisotopic (exact) mass is 325 g/mol. The molecule has 4 nitrogen and oxygen atoms in total. The molecule has 0 spiro atoms. The van der Waals surface area contributed by atoms with Crippen LogP contribution in [-0.4, -0.2) is 23.3 Å². The molecule has 1 atom stereocenters. The Morgan fingerprint density at radius 2 is 1.96 bits per heavy atom. The summed E-state index contributed by atoms with van der Waals surface area (Å²) in [6.45, 7) is 4.17. The minimum atomic E-state index is -0.362. The van der Waals surface area contributed by atoms with Gasteiger partial charge in [-0.15, -0.1) is 0 Å². The van der Waals surface area contributed by atoms with Crippen LogP contribution in [0.5, 0.6) is 0 Å². The number of Topliss-reactive ketones (excluding diaryl/α,β-unsaturated/α-hetero) is 1. The Balaban J connectivity index is 1.99. The van der Waals surface area contributed by atoms with Crippen LogP contribution in [0, 0.1) is 0 Å². The summed E-state index contributed by atoms with van der Waals surface area (Å²) < 4.78 is 5.16. The van der Waals surface area contributed by atoms with Gasteiger partial charge in [-0.2, -0.15) is 0 Å². The lowest BCUT2D eigenvalue weighted by molar-refractivity contribution is 0.0518. The van der Waals surface area contributed by atoms with Crippen LogP contribution in [0.3, 0.4) is 0 Å². The minimum absolute atomic E-state index is 0.125. The number of carbonyl (C=O) groups excluding carboxylic acids is 2. The number of rotatable bonds is 5. The van der Waals surface area contributed by atoms with E-state index < -0.39 is 0 Å². The highest BCUT2D eigenvalue weighted by Gasteiger charge is 2.33. The number of ketones is 1. The van der Waals surface area contributed by atoms with E-state index in [1.54, 1.807) is 6.92 Å². The second-order valence-electron chi connectivity index (χ2n) is 6.24. The number of aromatic nitrogens is 1. The van der Waals surface area contributed by atoms with E-state index in [1.807, 2.05) is 18.2 Å². The molecule has 1 heterocycles. The zero-order valence-electron chi connectivity index (χ0n) is 14.2. The summed E-state index contributed by atoms with van der Waals surface area (Å²) >= 11 is 0. The maximum atomic E-state index is 12.8. The molecule has 1 aliphatic carbocycles. The molecule has 1 N–H and O–H groups in total. The summed E-state index contributed by atoms with van der Waals surface area (Å²) in [4.78, 5) is 28.2. The van der Waals surface area contributed by atoms with Gasteiger partial charge in [0.1, 0.15) is 5.69 Å². The predicted octanol–water partition coefficient (Wildman–Crippen LogP) is 4.06. The predicted molar refractivity (Wildman–Crippen MR) is 92.6 cm³/mol. The van der Waals surface area contributed by atoms with Crippen LogP contribution in [0.15, 0.2) is 30.3 Å². The topological polar surface area (TPSA) is 59.2 Å². The first-order valence-electron chi connectivity index (χ1n) is 8.64. The van der Waals surface area contributed by atoms with Crippen LogP contribution in [0.25, 0.3) is 0 Å². The summed E-state index contributed by atoms with van der Waals surface area (Å²) in [5, 5.41) is 0. The molecule has 0 bridgehead atoms. The Kier molecular flexibility index (Phi) is 4.84. The third kappa shape index (κ3) is 3.01. The second-order valence-corrected chi connectivity index (χ2v) is 6.24. The standard InChI is InChI=1S/C20H23NO3/c1-3-8-15-18-16(21-19(15)20(23)24-4-2)11-14(12-17(18)22)13-9-6-5-7-10-13/h5-7,9-10,14,21H,3-4,8,11-12H2,1-2H3. The van der Waals surface area contributed by atoms with Crippen molar-refractivity contribution in [2.45, 2.75) is 45.4 Å². The van der Waals surface area contributed by atoms with Crippen LogP contribution in [0.4, 0.5) is 0 Å². The van der Waals surface area contributed by atoms with Crippen molar-refractivity contribution < 1.29 is 14.3 Å². The van der Waals surface area contributed by atoms with Crippen molar-refractivity contribution in [2.24, 2.45) is 0 Å². The summed E-state index contributed by atoms with van der Waals surface area (Å²) in [6.07, 6.45) is 2.84. The maximum Gasteiger partial charge on any atom is 0.355 e. The van der Waals surface area contributed by atoms with Gasteiger partial charge < -0.3 is 9.72 Å². The molecule has 3 rings (SSSR count). The zero-order valence-corrected chi connectivity index (χ0v) is 14.2. The van der Waals surface area contributed by atoms with Gasteiger partial charge in [0.2, 0.25) is 0 Å². The smallest absolute Gasteiger partial charge is 0.355 e. The highest BCUT2D eigenvalue weighted by Crippen LogP contribution is 2.35. The molecule has 0 saturated carbocycles. The number of hydrogen-bond acceptors (Lipinski definition) is 3. The molecule has 0 aliphatic heterocycles. The van der Waals surface area contributed by atoms with Crippen molar-refractivity contribution in [2.75, 3.05) is 6.61 Å². The normalized spacial score (nSPS) is 16.8. The first kappa shape index (κ1) is 16.5. The third-order valence-electron chi connectivity index (χ3n) is 4.59. The number of benzene rings is 1. The van der Waals surface area contributed by atoms with Gasteiger partial charge in [-0.3, -0.25) is 4.79 Å². The minimum Gasteiger partial charge on any atom is -0.461 e. The van der Waals surface area contributed by atoms with E-state index in [0.29, 0.717) is 25.1 Å². The molecular weight excluding hydrogens is 302 g/mol. The SMILES string of the molecule is CCCc1c(C(=O)OCC)[nH]c2c1C(=O)CC(c1ccccc1)C2. The van der Waals surface area contributed by atoms with Crippen LogP contribution < -0.4 is 0 Å². The van der Waals surface area contributed by atoms with Gasteiger partial charge >= 0.3 is 5.97 Å². The van der Waals surface area contributed by atoms with Crippen molar-refractivity contribution in [3.63, 3.8) is 0 Å². The van der Waals surface area contributed by atoms with Gasteiger partial charge in [0, 0.05) is 17.7 Å². The first-order valence-corrected chi connectivity index (χ1v) is 8.64. The van der Waals surface area contributed by atoms with E-state index in [4.69, 9.17) is 4.74 Å². The molecule has 2 aromatic rings. The fourth-order valence-corrected chi connectivity index (χ4v) is 3.57. The molecule has 0 radical (unpaired) electrons. The summed E-state index contributed by atoms with van der Waals surface area (Å²) in [5.41, 5.74) is 4.08. The van der Waals surface area contributed by atoms with Crippen LogP contribution in [0.1, 0.15) is 70.3 Å². The first-order chi connectivity index (χ1) is 11.7. The van der Waals surface area contributed by atoms with Crippen molar-refractivity contribution in [1.29, 1.82) is 0 Å². The molecule has 0 amide bonds. The van der Waals surface area contributed by atoms with Gasteiger partial charge in [0.15, 0.2) is 5.78 Å². The molecule has 0 fully saturated rings. The van der Waals surface area contributed by atoms with Gasteiger partial charge in [0.25, 0.3) is 0 Å². The number of nitrogens with one attached hydrogen (secondary N) is 1. The summed E-state index contributed by atoms with van der Waals surface area (Å²) in [6, 6.07) is 10.1. The molecule has 1 aliphatic rings. The highest BCUT2D eigenvalue weighted by molar-refractivity contribution is 6.03. The molecule has 126 valence electrons. The Hall–Kier alpha value is -2.36. The largest absolute Gasteiger partial charge is 0.461 e. The molecule has 4 heteroatoms. The molecule has 1 aromatic heterocycles. The van der Waals surface area contributed by atoms with Crippen molar-refractivity contribution in [1.82, 2.24) is 4.98 Å². The molecule has 0 saturated heterocycles. The maximum absolute atomic E-state index is 12.8. The summed E-state index contributed by atoms with van der Waals surface area (Å²) in [5.74, 6) is -0.0749. The third-order valence-corrected chi connectivity index (χ3v) is 4.59. The van der Waals surface area contributed by atoms with Crippen molar-refractivity contribution in [3.05, 3.63) is 58.4 Å². The van der Waals surface area contributed by atoms with E-state index >= 15 is 0 Å². The van der Waals surface area contributed by atoms with Crippen LogP contribution in [0.2, 0.25) is 0 Å². The molecular formula is C20H23NO3. The Morgan fingerprint density at radius 3 is 2.62 bits per heavy atom. The number of aromatic amines is 1. The van der Waals surface area contributed by atoms with Crippen LogP contribution >= 0.6 is 0 Å². The highest BCUT2D eigenvalue weighted by atomic mass is 16.5. The van der Waals surface area contributed by atoms with E-state index in [9.17, 15) is 9.59 Å².